The molecule has 0 aliphatic heterocycles. The lowest BCUT2D eigenvalue weighted by molar-refractivity contribution is 0.418. The van der Waals surface area contributed by atoms with Crippen LogP contribution < -0.4 is 0 Å². The van der Waals surface area contributed by atoms with E-state index in [-0.39, 0.29) is 0 Å². The van der Waals surface area contributed by atoms with E-state index in [0.29, 0.717) is 0 Å². The highest BCUT2D eigenvalue weighted by Gasteiger charge is 2.36. The van der Waals surface area contributed by atoms with Crippen LogP contribution in [0, 0.1) is 17.8 Å². The largest absolute Gasteiger partial charge is 0.0885 e. The van der Waals surface area contributed by atoms with Crippen LogP contribution in [-0.4, -0.2) is 0 Å². The second-order valence-corrected chi connectivity index (χ2v) is 6.18. The van der Waals surface area contributed by atoms with Gasteiger partial charge in [-0.2, -0.15) is 0 Å². The molecule has 3 unspecified atom stereocenters. The van der Waals surface area contributed by atoms with E-state index in [9.17, 15) is 0 Å². The summed E-state index contributed by atoms with van der Waals surface area (Å²) >= 11 is 0. The van der Waals surface area contributed by atoms with Crippen molar-refractivity contribution in [3.05, 3.63) is 11.6 Å². The Morgan fingerprint density at radius 3 is 2.56 bits per heavy atom. The molecule has 2 aliphatic rings. The highest BCUT2D eigenvalue weighted by Crippen LogP contribution is 2.47. The van der Waals surface area contributed by atoms with Gasteiger partial charge in [-0.25, -0.2) is 0 Å². The second kappa shape index (κ2) is 5.89. The minimum atomic E-state index is 0.989. The Balaban J connectivity index is 1.83. The molecule has 0 saturated heterocycles. The van der Waals surface area contributed by atoms with Crippen LogP contribution >= 0.6 is 0 Å². The van der Waals surface area contributed by atoms with Gasteiger partial charge in [0.15, 0.2) is 0 Å². The molecule has 0 aromatic carbocycles. The molecule has 16 heavy (non-hydrogen) atoms. The van der Waals surface area contributed by atoms with Gasteiger partial charge in [0.2, 0.25) is 0 Å². The second-order valence-electron chi connectivity index (χ2n) is 6.18. The Labute approximate surface area is 102 Å². The van der Waals surface area contributed by atoms with Crippen molar-refractivity contribution in [2.75, 3.05) is 0 Å². The molecule has 0 N–H and O–H groups in total. The van der Waals surface area contributed by atoms with Gasteiger partial charge in [0, 0.05) is 0 Å². The molecule has 0 amide bonds. The number of allylic oxidation sites excluding steroid dienone is 2. The Morgan fingerprint density at radius 2 is 1.75 bits per heavy atom. The number of hydrogen-bond donors (Lipinski definition) is 0. The Kier molecular flexibility index (Phi) is 4.49. The van der Waals surface area contributed by atoms with Crippen LogP contribution in [0.3, 0.4) is 0 Å². The summed E-state index contributed by atoms with van der Waals surface area (Å²) in [5.74, 6) is 3.21. The molecule has 2 aliphatic carbocycles. The highest BCUT2D eigenvalue weighted by molar-refractivity contribution is 5.00. The van der Waals surface area contributed by atoms with E-state index >= 15 is 0 Å². The quantitative estimate of drug-likeness (QED) is 0.483. The Bertz CT molecular complexity index is 238. The van der Waals surface area contributed by atoms with Gasteiger partial charge in [0.1, 0.15) is 0 Å². The molecule has 0 radical (unpaired) electrons. The van der Waals surface area contributed by atoms with Gasteiger partial charge in [-0.3, -0.25) is 0 Å². The smallest absolute Gasteiger partial charge is 0.0320 e. The topological polar surface area (TPSA) is 0 Å². The standard InChI is InChI=1S/C16H28/c1-3-14-8-5-4-7-13(2)11-16-12-15(16)10-6-9-14/h3,13,15-16H,4-12H2,1-2H3. The fourth-order valence-corrected chi connectivity index (χ4v) is 3.44. The van der Waals surface area contributed by atoms with E-state index in [1.807, 2.05) is 0 Å². The summed E-state index contributed by atoms with van der Waals surface area (Å²) in [5.41, 5.74) is 1.73. The van der Waals surface area contributed by atoms with Gasteiger partial charge < -0.3 is 0 Å². The molecule has 0 spiro atoms. The van der Waals surface area contributed by atoms with Crippen molar-refractivity contribution in [1.82, 2.24) is 0 Å². The molecular formula is C16H28. The van der Waals surface area contributed by atoms with Crippen molar-refractivity contribution in [3.63, 3.8) is 0 Å². The molecule has 0 aromatic heterocycles. The molecule has 2 rings (SSSR count). The van der Waals surface area contributed by atoms with E-state index < -0.39 is 0 Å². The molecule has 0 heterocycles. The summed E-state index contributed by atoms with van der Waals surface area (Å²) in [6, 6.07) is 0. The van der Waals surface area contributed by atoms with Crippen molar-refractivity contribution in [1.29, 1.82) is 0 Å². The highest BCUT2D eigenvalue weighted by atomic mass is 14.4. The third-order valence-corrected chi connectivity index (χ3v) is 4.70. The molecule has 0 bridgehead atoms. The Hall–Kier alpha value is -0.260. The van der Waals surface area contributed by atoms with E-state index in [0.717, 1.165) is 17.8 Å². The van der Waals surface area contributed by atoms with Crippen LogP contribution in [-0.2, 0) is 0 Å². The molecule has 0 nitrogen and oxygen atoms in total. The zero-order valence-corrected chi connectivity index (χ0v) is 11.2. The van der Waals surface area contributed by atoms with Gasteiger partial charge in [0.05, 0.1) is 0 Å². The molecule has 0 heteroatoms. The van der Waals surface area contributed by atoms with Crippen molar-refractivity contribution in [2.24, 2.45) is 17.8 Å². The molecule has 2 saturated carbocycles. The van der Waals surface area contributed by atoms with E-state index in [1.54, 1.807) is 12.0 Å². The lowest BCUT2D eigenvalue weighted by Crippen LogP contribution is -1.99. The number of fused-ring (bicyclic) bond motifs is 1. The van der Waals surface area contributed by atoms with Crippen LogP contribution in [0.25, 0.3) is 0 Å². The SMILES string of the molecule is CC=C1CCCCC(C)CC2CC2CCC1. The van der Waals surface area contributed by atoms with Gasteiger partial charge in [-0.05, 0) is 69.6 Å². The maximum atomic E-state index is 2.47. The first-order chi connectivity index (χ1) is 7.79. The van der Waals surface area contributed by atoms with Crippen molar-refractivity contribution in [2.45, 2.75) is 71.6 Å². The first-order valence-electron chi connectivity index (χ1n) is 7.43. The van der Waals surface area contributed by atoms with E-state index in [1.165, 1.54) is 51.4 Å². The fourth-order valence-electron chi connectivity index (χ4n) is 3.44. The van der Waals surface area contributed by atoms with Gasteiger partial charge in [-0.15, -0.1) is 0 Å². The van der Waals surface area contributed by atoms with Gasteiger partial charge >= 0.3 is 0 Å². The summed E-state index contributed by atoms with van der Waals surface area (Å²) in [6.45, 7) is 4.70. The predicted molar refractivity (Wildman–Crippen MR) is 71.5 cm³/mol. The summed E-state index contributed by atoms with van der Waals surface area (Å²) in [4.78, 5) is 0. The third kappa shape index (κ3) is 3.64. The molecule has 0 aromatic rings. The van der Waals surface area contributed by atoms with E-state index in [2.05, 4.69) is 19.9 Å². The lowest BCUT2D eigenvalue weighted by Gasteiger charge is -2.13. The summed E-state index contributed by atoms with van der Waals surface area (Å²) < 4.78 is 0. The van der Waals surface area contributed by atoms with E-state index in [4.69, 9.17) is 0 Å². The first-order valence-corrected chi connectivity index (χ1v) is 7.43. The summed E-state index contributed by atoms with van der Waals surface area (Å²) in [6.07, 6.45) is 15.5. The van der Waals surface area contributed by atoms with Crippen LogP contribution in [0.2, 0.25) is 0 Å². The van der Waals surface area contributed by atoms with Gasteiger partial charge in [0.25, 0.3) is 0 Å². The lowest BCUT2D eigenvalue weighted by atomic mass is 9.93. The number of hydrogen-bond acceptors (Lipinski definition) is 0. The third-order valence-electron chi connectivity index (χ3n) is 4.70. The zero-order chi connectivity index (χ0) is 11.4. The van der Waals surface area contributed by atoms with Crippen LogP contribution in [0.4, 0.5) is 0 Å². The Morgan fingerprint density at radius 1 is 0.938 bits per heavy atom. The average molecular weight is 220 g/mol. The van der Waals surface area contributed by atoms with Crippen LogP contribution in [0.5, 0.6) is 0 Å². The molecule has 2 fully saturated rings. The average Bonchev–Trinajstić information content (AvgIpc) is 2.98. The summed E-state index contributed by atoms with van der Waals surface area (Å²) in [5, 5.41) is 0. The molecule has 92 valence electrons. The first kappa shape index (κ1) is 12.2. The molecular weight excluding hydrogens is 192 g/mol. The van der Waals surface area contributed by atoms with Crippen molar-refractivity contribution >= 4 is 0 Å². The zero-order valence-electron chi connectivity index (χ0n) is 11.2. The van der Waals surface area contributed by atoms with Gasteiger partial charge in [-0.1, -0.05) is 31.4 Å². The molecule has 3 atom stereocenters. The predicted octanol–water partition coefficient (Wildman–Crippen LogP) is 5.34. The normalized spacial score (nSPS) is 39.6. The van der Waals surface area contributed by atoms with Crippen molar-refractivity contribution in [3.8, 4) is 0 Å². The minimum Gasteiger partial charge on any atom is -0.0885 e. The number of rotatable bonds is 0. The summed E-state index contributed by atoms with van der Waals surface area (Å²) in [7, 11) is 0. The minimum absolute atomic E-state index is 0.989. The van der Waals surface area contributed by atoms with Crippen LogP contribution in [0.1, 0.15) is 71.6 Å². The maximum absolute atomic E-state index is 2.47. The monoisotopic (exact) mass is 220 g/mol. The maximum Gasteiger partial charge on any atom is -0.0320 e. The van der Waals surface area contributed by atoms with Crippen molar-refractivity contribution < 1.29 is 0 Å². The van der Waals surface area contributed by atoms with Crippen LogP contribution in [0.15, 0.2) is 11.6 Å². The fraction of sp³-hybridized carbons (Fsp3) is 0.875.